The second-order valence-electron chi connectivity index (χ2n) is 7.41. The molecule has 174 valence electrons. The van der Waals surface area contributed by atoms with E-state index in [1.165, 1.54) is 22.9 Å². The SMILES string of the molecule is Cn1cc(NC(=O)c2cc(NC(=O)c3cc(N)nn3C)cn2C)cc1C(=O)NCCC(N)=O. The molecular weight excluding hydrogens is 430 g/mol. The molecule has 3 aromatic heterocycles. The van der Waals surface area contributed by atoms with Crippen LogP contribution in [-0.4, -0.2) is 49.1 Å². The summed E-state index contributed by atoms with van der Waals surface area (Å²) in [6.45, 7) is 0.115. The molecule has 0 saturated carbocycles. The van der Waals surface area contributed by atoms with E-state index in [-0.39, 0.29) is 30.2 Å². The van der Waals surface area contributed by atoms with Gasteiger partial charge < -0.3 is 36.6 Å². The number of hydrogen-bond donors (Lipinski definition) is 5. The lowest BCUT2D eigenvalue weighted by molar-refractivity contribution is -0.117. The number of aryl methyl sites for hydroxylation is 3. The summed E-state index contributed by atoms with van der Waals surface area (Å²) in [5.74, 6) is -1.56. The van der Waals surface area contributed by atoms with E-state index in [1.54, 1.807) is 42.7 Å². The average Bonchev–Trinajstić information content (AvgIpc) is 3.37. The first-order chi connectivity index (χ1) is 15.5. The van der Waals surface area contributed by atoms with Gasteiger partial charge in [0.2, 0.25) is 5.91 Å². The van der Waals surface area contributed by atoms with Gasteiger partial charge in [0.05, 0.1) is 11.4 Å². The minimum Gasteiger partial charge on any atom is -0.382 e. The van der Waals surface area contributed by atoms with E-state index >= 15 is 0 Å². The first-order valence-electron chi connectivity index (χ1n) is 9.86. The highest BCUT2D eigenvalue weighted by molar-refractivity contribution is 6.07. The number of nitrogens with two attached hydrogens (primary N) is 2. The number of carbonyl (C=O) groups excluding carboxylic acids is 4. The van der Waals surface area contributed by atoms with Gasteiger partial charge in [0.1, 0.15) is 22.9 Å². The van der Waals surface area contributed by atoms with Crippen molar-refractivity contribution in [2.75, 3.05) is 22.9 Å². The van der Waals surface area contributed by atoms with E-state index in [9.17, 15) is 19.2 Å². The Morgan fingerprint density at radius 1 is 0.848 bits per heavy atom. The average molecular weight is 455 g/mol. The number of rotatable bonds is 8. The molecular formula is C20H25N9O4. The van der Waals surface area contributed by atoms with Crippen LogP contribution in [-0.2, 0) is 25.9 Å². The summed E-state index contributed by atoms with van der Waals surface area (Å²) in [5, 5.41) is 11.9. The molecule has 4 amide bonds. The third-order valence-corrected chi connectivity index (χ3v) is 4.78. The van der Waals surface area contributed by atoms with Gasteiger partial charge >= 0.3 is 0 Å². The van der Waals surface area contributed by atoms with Crippen LogP contribution in [0.4, 0.5) is 17.2 Å². The maximum Gasteiger partial charge on any atom is 0.274 e. The number of aromatic nitrogens is 4. The Bertz CT molecular complexity index is 1230. The molecule has 0 fully saturated rings. The lowest BCUT2D eigenvalue weighted by atomic mass is 10.3. The molecule has 0 radical (unpaired) electrons. The van der Waals surface area contributed by atoms with E-state index in [2.05, 4.69) is 21.0 Å². The number of anilines is 3. The van der Waals surface area contributed by atoms with Crippen molar-refractivity contribution in [1.29, 1.82) is 0 Å². The van der Waals surface area contributed by atoms with Gasteiger partial charge in [0.15, 0.2) is 0 Å². The van der Waals surface area contributed by atoms with Gasteiger partial charge in [-0.2, -0.15) is 5.10 Å². The molecule has 3 aromatic rings. The van der Waals surface area contributed by atoms with Crippen LogP contribution in [0.3, 0.4) is 0 Å². The van der Waals surface area contributed by atoms with Gasteiger partial charge in [-0.25, -0.2) is 0 Å². The quantitative estimate of drug-likeness (QED) is 0.313. The number of nitrogens with zero attached hydrogens (tertiary/aromatic N) is 4. The summed E-state index contributed by atoms with van der Waals surface area (Å²) < 4.78 is 4.46. The highest BCUT2D eigenvalue weighted by Gasteiger charge is 2.18. The number of primary amides is 1. The summed E-state index contributed by atoms with van der Waals surface area (Å²) in [4.78, 5) is 48.3. The fourth-order valence-corrected chi connectivity index (χ4v) is 3.20. The maximum atomic E-state index is 12.8. The van der Waals surface area contributed by atoms with Crippen LogP contribution in [0.25, 0.3) is 0 Å². The number of nitrogen functional groups attached to an aromatic ring is 1. The summed E-state index contributed by atoms with van der Waals surface area (Å²) in [5.41, 5.74) is 12.3. The molecule has 33 heavy (non-hydrogen) atoms. The van der Waals surface area contributed by atoms with Crippen molar-refractivity contribution in [2.24, 2.45) is 26.9 Å². The Balaban J connectivity index is 1.67. The highest BCUT2D eigenvalue weighted by Crippen LogP contribution is 2.18. The summed E-state index contributed by atoms with van der Waals surface area (Å²) in [7, 11) is 4.91. The van der Waals surface area contributed by atoms with Crippen LogP contribution in [0.2, 0.25) is 0 Å². The second kappa shape index (κ2) is 9.30. The molecule has 0 aromatic carbocycles. The normalized spacial score (nSPS) is 10.6. The molecule has 0 saturated heterocycles. The third-order valence-electron chi connectivity index (χ3n) is 4.78. The van der Waals surface area contributed by atoms with Gasteiger partial charge in [-0.1, -0.05) is 0 Å². The van der Waals surface area contributed by atoms with Crippen LogP contribution in [0.5, 0.6) is 0 Å². The molecule has 0 spiro atoms. The van der Waals surface area contributed by atoms with Crippen LogP contribution >= 0.6 is 0 Å². The third kappa shape index (κ3) is 5.39. The predicted octanol–water partition coefficient (Wildman–Crippen LogP) is -0.211. The van der Waals surface area contributed by atoms with E-state index in [4.69, 9.17) is 11.5 Å². The number of carbonyl (C=O) groups is 4. The first kappa shape index (κ1) is 23.1. The zero-order chi connectivity index (χ0) is 24.3. The van der Waals surface area contributed by atoms with Crippen molar-refractivity contribution in [3.8, 4) is 0 Å². The molecule has 0 unspecified atom stereocenters. The Labute approximate surface area is 188 Å². The lowest BCUT2D eigenvalue weighted by Gasteiger charge is -2.04. The fraction of sp³-hybridized carbons (Fsp3) is 0.250. The standard InChI is InChI=1S/C20H25N9O4/c1-27-9-11(6-13(27)18(31)23-5-4-17(22)30)24-19(32)14-7-12(10-28(14)2)25-20(33)15-8-16(21)26-29(15)3/h6-10H,4-5H2,1-3H3,(H2,21,26)(H2,22,30)(H,23,31)(H,24,32)(H,25,33). The van der Waals surface area contributed by atoms with Crippen molar-refractivity contribution >= 4 is 40.8 Å². The fourth-order valence-electron chi connectivity index (χ4n) is 3.20. The highest BCUT2D eigenvalue weighted by atomic mass is 16.2. The van der Waals surface area contributed by atoms with Crippen LogP contribution in [0.1, 0.15) is 37.9 Å². The van der Waals surface area contributed by atoms with Crippen molar-refractivity contribution in [1.82, 2.24) is 24.2 Å². The minimum atomic E-state index is -0.516. The second-order valence-corrected chi connectivity index (χ2v) is 7.41. The van der Waals surface area contributed by atoms with Gasteiger partial charge in [0.25, 0.3) is 17.7 Å². The Kier molecular flexibility index (Phi) is 6.51. The molecule has 13 nitrogen and oxygen atoms in total. The van der Waals surface area contributed by atoms with Gasteiger partial charge in [-0.05, 0) is 12.1 Å². The minimum absolute atomic E-state index is 0.0279. The van der Waals surface area contributed by atoms with Crippen molar-refractivity contribution < 1.29 is 19.2 Å². The largest absolute Gasteiger partial charge is 0.382 e. The zero-order valence-electron chi connectivity index (χ0n) is 18.4. The first-order valence-corrected chi connectivity index (χ1v) is 9.86. The Morgan fingerprint density at radius 3 is 1.85 bits per heavy atom. The zero-order valence-corrected chi connectivity index (χ0v) is 18.4. The van der Waals surface area contributed by atoms with Crippen molar-refractivity contribution in [3.63, 3.8) is 0 Å². The van der Waals surface area contributed by atoms with Crippen molar-refractivity contribution in [3.05, 3.63) is 47.7 Å². The smallest absolute Gasteiger partial charge is 0.274 e. The topological polar surface area (TPSA) is 184 Å². The van der Waals surface area contributed by atoms with Crippen LogP contribution in [0, 0.1) is 0 Å². The van der Waals surface area contributed by atoms with E-state index in [0.717, 1.165) is 0 Å². The lowest BCUT2D eigenvalue weighted by Crippen LogP contribution is -2.29. The Hall–Kier alpha value is -4.55. The van der Waals surface area contributed by atoms with E-state index in [1.807, 2.05) is 0 Å². The monoisotopic (exact) mass is 455 g/mol. The maximum absolute atomic E-state index is 12.8. The molecule has 3 heterocycles. The summed E-state index contributed by atoms with van der Waals surface area (Å²) >= 11 is 0. The molecule has 3 rings (SSSR count). The van der Waals surface area contributed by atoms with Crippen molar-refractivity contribution in [2.45, 2.75) is 6.42 Å². The van der Waals surface area contributed by atoms with E-state index < -0.39 is 23.6 Å². The molecule has 13 heteroatoms. The number of nitrogens with one attached hydrogen (secondary N) is 3. The van der Waals surface area contributed by atoms with Gasteiger partial charge in [0, 0.05) is 52.6 Å². The van der Waals surface area contributed by atoms with Crippen LogP contribution < -0.4 is 27.4 Å². The summed E-state index contributed by atoms with van der Waals surface area (Å²) in [6.07, 6.45) is 3.20. The molecule has 0 bridgehead atoms. The van der Waals surface area contributed by atoms with E-state index in [0.29, 0.717) is 17.1 Å². The Morgan fingerprint density at radius 2 is 1.36 bits per heavy atom. The number of hydrogen-bond acceptors (Lipinski definition) is 6. The predicted molar refractivity (Wildman–Crippen MR) is 120 cm³/mol. The molecule has 0 atom stereocenters. The molecule has 0 aliphatic heterocycles. The molecule has 7 N–H and O–H groups in total. The van der Waals surface area contributed by atoms with Crippen LogP contribution in [0.15, 0.2) is 30.6 Å². The number of amides is 4. The van der Waals surface area contributed by atoms with Gasteiger partial charge in [-0.15, -0.1) is 0 Å². The molecule has 0 aliphatic rings. The summed E-state index contributed by atoms with van der Waals surface area (Å²) in [6, 6.07) is 4.48. The van der Waals surface area contributed by atoms with Gasteiger partial charge in [-0.3, -0.25) is 23.9 Å². The molecule has 0 aliphatic carbocycles.